The highest BCUT2D eigenvalue weighted by atomic mass is 35.5. The van der Waals surface area contributed by atoms with Crippen molar-refractivity contribution in [2.24, 2.45) is 0 Å². The number of halogens is 2. The molecule has 2 rings (SSSR count). The van der Waals surface area contributed by atoms with Crippen molar-refractivity contribution in [2.45, 2.75) is 6.92 Å². The fourth-order valence-electron chi connectivity index (χ4n) is 1.74. The first-order valence-corrected chi connectivity index (χ1v) is 5.91. The molecule has 2 nitrogen and oxygen atoms in total. The van der Waals surface area contributed by atoms with Crippen LogP contribution in [0.25, 0.3) is 11.1 Å². The van der Waals surface area contributed by atoms with Gasteiger partial charge in [0.25, 0.3) is 0 Å². The average Bonchev–Trinajstić information content (AvgIpc) is 2.38. The molecule has 0 unspecified atom stereocenters. The summed E-state index contributed by atoms with van der Waals surface area (Å²) in [6.07, 6.45) is 0. The van der Waals surface area contributed by atoms with Crippen LogP contribution in [0.5, 0.6) is 0 Å². The van der Waals surface area contributed by atoms with Crippen LogP contribution in [0.2, 0.25) is 5.02 Å². The molecule has 0 heterocycles. The maximum Gasteiger partial charge on any atom is 0.159 e. The Kier molecular flexibility index (Phi) is 3.64. The minimum Gasteiger partial charge on any atom is -0.295 e. The van der Waals surface area contributed by atoms with Gasteiger partial charge in [-0.25, -0.2) is 4.39 Å². The highest BCUT2D eigenvalue weighted by molar-refractivity contribution is 6.33. The van der Waals surface area contributed by atoms with Crippen LogP contribution in [-0.2, 0) is 0 Å². The third-order valence-corrected chi connectivity index (χ3v) is 3.10. The van der Waals surface area contributed by atoms with Crippen molar-refractivity contribution in [1.82, 2.24) is 0 Å². The summed E-state index contributed by atoms with van der Waals surface area (Å²) < 4.78 is 13.6. The lowest BCUT2D eigenvalue weighted by Gasteiger charge is -2.07. The van der Waals surface area contributed by atoms with E-state index >= 15 is 0 Å². The molecule has 0 radical (unpaired) electrons. The molecule has 0 N–H and O–H groups in total. The molecule has 0 amide bonds. The zero-order valence-corrected chi connectivity index (χ0v) is 10.8. The Morgan fingerprint density at radius 1 is 1.26 bits per heavy atom. The lowest BCUT2D eigenvalue weighted by molar-refractivity contribution is 0.101. The lowest BCUT2D eigenvalue weighted by Crippen LogP contribution is -1.93. The molecular formula is C15H9ClFNO. The smallest absolute Gasteiger partial charge is 0.159 e. The third-order valence-electron chi connectivity index (χ3n) is 2.77. The first kappa shape index (κ1) is 13.3. The number of rotatable bonds is 2. The van der Waals surface area contributed by atoms with Crippen molar-refractivity contribution in [3.8, 4) is 17.2 Å². The Morgan fingerprint density at radius 3 is 2.58 bits per heavy atom. The summed E-state index contributed by atoms with van der Waals surface area (Å²) in [5, 5.41) is 9.12. The van der Waals surface area contributed by atoms with Crippen molar-refractivity contribution in [2.75, 3.05) is 0 Å². The van der Waals surface area contributed by atoms with Crippen molar-refractivity contribution >= 4 is 17.4 Å². The van der Waals surface area contributed by atoms with Crippen LogP contribution in [-0.4, -0.2) is 5.78 Å². The Morgan fingerprint density at radius 2 is 2.00 bits per heavy atom. The first-order chi connectivity index (χ1) is 9.02. The number of hydrogen-bond donors (Lipinski definition) is 0. The molecule has 2 aromatic rings. The van der Waals surface area contributed by atoms with Gasteiger partial charge >= 0.3 is 0 Å². The van der Waals surface area contributed by atoms with E-state index < -0.39 is 5.82 Å². The monoisotopic (exact) mass is 273 g/mol. The normalized spacial score (nSPS) is 10.0. The van der Waals surface area contributed by atoms with Crippen LogP contribution in [0, 0.1) is 17.1 Å². The molecule has 0 aliphatic rings. The fraction of sp³-hybridized carbons (Fsp3) is 0.0667. The number of benzene rings is 2. The van der Waals surface area contributed by atoms with Crippen LogP contribution in [0.15, 0.2) is 36.4 Å². The zero-order valence-electron chi connectivity index (χ0n) is 10.1. The predicted octanol–water partition coefficient (Wildman–Crippen LogP) is 4.22. The summed E-state index contributed by atoms with van der Waals surface area (Å²) >= 11 is 6.06. The molecule has 0 saturated heterocycles. The van der Waals surface area contributed by atoms with Gasteiger partial charge in [0.1, 0.15) is 11.9 Å². The van der Waals surface area contributed by atoms with E-state index in [-0.39, 0.29) is 11.3 Å². The van der Waals surface area contributed by atoms with E-state index in [0.717, 1.165) is 0 Å². The standard InChI is InChI=1S/C15H9ClFNO/c1-9(19)10-4-5-14(16)13(6-10)11-2-3-12(8-18)15(17)7-11/h2-7H,1H3. The van der Waals surface area contributed by atoms with Gasteiger partial charge in [-0.2, -0.15) is 5.26 Å². The number of carbonyl (C=O) groups excluding carboxylic acids is 1. The average molecular weight is 274 g/mol. The SMILES string of the molecule is CC(=O)c1ccc(Cl)c(-c2ccc(C#N)c(F)c2)c1. The van der Waals surface area contributed by atoms with E-state index in [9.17, 15) is 9.18 Å². The number of ketones is 1. The summed E-state index contributed by atoms with van der Waals surface area (Å²) in [6.45, 7) is 1.45. The van der Waals surface area contributed by atoms with Gasteiger partial charge < -0.3 is 0 Å². The molecule has 0 spiro atoms. The minimum absolute atomic E-state index is 0.0254. The molecule has 4 heteroatoms. The predicted molar refractivity (Wildman–Crippen MR) is 71.6 cm³/mol. The molecule has 0 bridgehead atoms. The van der Waals surface area contributed by atoms with Gasteiger partial charge in [-0.15, -0.1) is 0 Å². The molecule has 19 heavy (non-hydrogen) atoms. The van der Waals surface area contributed by atoms with Gasteiger partial charge in [-0.3, -0.25) is 4.79 Å². The van der Waals surface area contributed by atoms with Crippen LogP contribution < -0.4 is 0 Å². The minimum atomic E-state index is -0.607. The van der Waals surface area contributed by atoms with E-state index in [1.54, 1.807) is 30.3 Å². The van der Waals surface area contributed by atoms with Gasteiger partial charge in [0, 0.05) is 16.1 Å². The largest absolute Gasteiger partial charge is 0.295 e. The number of nitriles is 1. The van der Waals surface area contributed by atoms with Gasteiger partial charge in [0.15, 0.2) is 5.78 Å². The molecule has 0 aliphatic carbocycles. The Bertz CT molecular complexity index is 704. The second-order valence-electron chi connectivity index (χ2n) is 4.06. The molecule has 0 saturated carbocycles. The van der Waals surface area contributed by atoms with Gasteiger partial charge in [-0.05, 0) is 42.8 Å². The molecule has 0 fully saturated rings. The van der Waals surface area contributed by atoms with Gasteiger partial charge in [0.05, 0.1) is 5.56 Å². The van der Waals surface area contributed by atoms with E-state index in [4.69, 9.17) is 16.9 Å². The third kappa shape index (κ3) is 2.64. The number of Topliss-reactive ketones (excluding diaryl/α,β-unsaturated/α-hetero) is 1. The van der Waals surface area contributed by atoms with Crippen molar-refractivity contribution < 1.29 is 9.18 Å². The molecule has 2 aromatic carbocycles. The van der Waals surface area contributed by atoms with Crippen LogP contribution in [0.1, 0.15) is 22.8 Å². The highest BCUT2D eigenvalue weighted by Gasteiger charge is 2.10. The number of nitrogens with zero attached hydrogens (tertiary/aromatic N) is 1. The Labute approximate surface area is 115 Å². The van der Waals surface area contributed by atoms with Crippen molar-refractivity contribution in [3.05, 3.63) is 58.4 Å². The number of carbonyl (C=O) groups is 1. The summed E-state index contributed by atoms with van der Waals surface area (Å²) in [4.78, 5) is 11.3. The van der Waals surface area contributed by atoms with Crippen molar-refractivity contribution in [3.63, 3.8) is 0 Å². The maximum atomic E-state index is 13.6. The quantitative estimate of drug-likeness (QED) is 0.769. The fourth-order valence-corrected chi connectivity index (χ4v) is 1.97. The second kappa shape index (κ2) is 5.21. The summed E-state index contributed by atoms with van der Waals surface area (Å²) in [5.41, 5.74) is 1.58. The van der Waals surface area contributed by atoms with Crippen LogP contribution in [0.3, 0.4) is 0 Å². The summed E-state index contributed by atoms with van der Waals surface area (Å²) in [5.74, 6) is -0.698. The van der Waals surface area contributed by atoms with E-state index in [1.807, 2.05) is 0 Å². The van der Waals surface area contributed by atoms with Crippen LogP contribution in [0.4, 0.5) is 4.39 Å². The molecule has 0 aromatic heterocycles. The zero-order chi connectivity index (χ0) is 14.0. The second-order valence-corrected chi connectivity index (χ2v) is 4.46. The summed E-state index contributed by atoms with van der Waals surface area (Å²) in [6, 6.07) is 10.8. The van der Waals surface area contributed by atoms with Crippen LogP contribution >= 0.6 is 11.6 Å². The van der Waals surface area contributed by atoms with E-state index in [0.29, 0.717) is 21.7 Å². The Hall–Kier alpha value is -2.18. The molecular weight excluding hydrogens is 265 g/mol. The molecule has 0 aliphatic heterocycles. The highest BCUT2D eigenvalue weighted by Crippen LogP contribution is 2.30. The van der Waals surface area contributed by atoms with Gasteiger partial charge in [-0.1, -0.05) is 17.7 Å². The number of hydrogen-bond acceptors (Lipinski definition) is 2. The Balaban J connectivity index is 2.58. The first-order valence-electron chi connectivity index (χ1n) is 5.53. The van der Waals surface area contributed by atoms with Gasteiger partial charge in [0.2, 0.25) is 0 Å². The summed E-state index contributed by atoms with van der Waals surface area (Å²) in [7, 11) is 0. The van der Waals surface area contributed by atoms with E-state index in [2.05, 4.69) is 0 Å². The van der Waals surface area contributed by atoms with Crippen molar-refractivity contribution in [1.29, 1.82) is 5.26 Å². The van der Waals surface area contributed by atoms with E-state index in [1.165, 1.54) is 19.1 Å². The molecule has 0 atom stereocenters. The topological polar surface area (TPSA) is 40.9 Å². The molecule has 94 valence electrons. The lowest BCUT2D eigenvalue weighted by atomic mass is 10.0. The maximum absolute atomic E-state index is 13.6.